The topological polar surface area (TPSA) is 81.7 Å². The van der Waals surface area contributed by atoms with Gasteiger partial charge in [-0.3, -0.25) is 14.2 Å². The van der Waals surface area contributed by atoms with Crippen LogP contribution < -0.4 is 0 Å². The fraction of sp³-hybridized carbons (Fsp3) is 0.292. The molecule has 1 amide bonds. The van der Waals surface area contributed by atoms with Gasteiger partial charge in [0.1, 0.15) is 0 Å². The zero-order valence-corrected chi connectivity index (χ0v) is 18.2. The van der Waals surface area contributed by atoms with Crippen LogP contribution in [0.5, 0.6) is 0 Å². The SMILES string of the molecule is CN1CCCC(n2cc(-c3cnc(-c4cccc(-c5cnn(C)c5)c4)nc3)cn2)CC1=O. The van der Waals surface area contributed by atoms with Gasteiger partial charge in [0.2, 0.25) is 5.91 Å². The van der Waals surface area contributed by atoms with Crippen molar-refractivity contribution in [3.63, 3.8) is 0 Å². The Bertz CT molecular complexity index is 1240. The van der Waals surface area contributed by atoms with Crippen LogP contribution in [-0.4, -0.2) is 53.9 Å². The molecule has 8 heteroatoms. The second kappa shape index (κ2) is 8.37. The van der Waals surface area contributed by atoms with Crippen LogP contribution in [0.25, 0.3) is 33.6 Å². The van der Waals surface area contributed by atoms with E-state index in [0.717, 1.165) is 47.2 Å². The highest BCUT2D eigenvalue weighted by Crippen LogP contribution is 2.27. The van der Waals surface area contributed by atoms with Crippen molar-refractivity contribution in [3.8, 4) is 33.6 Å². The molecule has 8 nitrogen and oxygen atoms in total. The van der Waals surface area contributed by atoms with Crippen LogP contribution in [0.3, 0.4) is 0 Å². The molecule has 4 aromatic rings. The zero-order chi connectivity index (χ0) is 22.1. The Labute approximate surface area is 186 Å². The zero-order valence-electron chi connectivity index (χ0n) is 18.2. The second-order valence-corrected chi connectivity index (χ2v) is 8.30. The van der Waals surface area contributed by atoms with Gasteiger partial charge in [-0.2, -0.15) is 10.2 Å². The van der Waals surface area contributed by atoms with Crippen molar-refractivity contribution in [3.05, 3.63) is 61.4 Å². The highest BCUT2D eigenvalue weighted by Gasteiger charge is 2.23. The van der Waals surface area contributed by atoms with Gasteiger partial charge in [0.25, 0.3) is 0 Å². The minimum absolute atomic E-state index is 0.0941. The van der Waals surface area contributed by atoms with Gasteiger partial charge in [-0.1, -0.05) is 18.2 Å². The monoisotopic (exact) mass is 427 g/mol. The molecular weight excluding hydrogens is 402 g/mol. The van der Waals surface area contributed by atoms with Gasteiger partial charge in [-0.05, 0) is 24.5 Å². The van der Waals surface area contributed by atoms with E-state index in [0.29, 0.717) is 12.2 Å². The molecule has 3 aromatic heterocycles. The van der Waals surface area contributed by atoms with Gasteiger partial charge in [0.05, 0.1) is 18.4 Å². The summed E-state index contributed by atoms with van der Waals surface area (Å²) in [4.78, 5) is 23.2. The first-order chi connectivity index (χ1) is 15.6. The fourth-order valence-corrected chi connectivity index (χ4v) is 4.10. The van der Waals surface area contributed by atoms with Gasteiger partial charge >= 0.3 is 0 Å². The molecule has 1 atom stereocenters. The number of benzene rings is 1. The predicted octanol–water partition coefficient (Wildman–Crippen LogP) is 3.59. The largest absolute Gasteiger partial charge is 0.346 e. The molecule has 0 saturated carbocycles. The molecule has 1 unspecified atom stereocenters. The van der Waals surface area contributed by atoms with Crippen LogP contribution in [0.15, 0.2) is 61.4 Å². The summed E-state index contributed by atoms with van der Waals surface area (Å²) in [5, 5.41) is 8.77. The summed E-state index contributed by atoms with van der Waals surface area (Å²) in [5.41, 5.74) is 4.94. The molecule has 5 rings (SSSR count). The molecule has 1 aromatic carbocycles. The molecule has 162 valence electrons. The minimum atomic E-state index is 0.0941. The van der Waals surface area contributed by atoms with Crippen molar-refractivity contribution in [1.82, 2.24) is 34.4 Å². The molecule has 0 N–H and O–H groups in total. The molecule has 1 aliphatic rings. The fourth-order valence-electron chi connectivity index (χ4n) is 4.10. The van der Waals surface area contributed by atoms with Gasteiger partial charge in [0, 0.05) is 74.1 Å². The lowest BCUT2D eigenvalue weighted by Gasteiger charge is -2.15. The quantitative estimate of drug-likeness (QED) is 0.497. The normalized spacial score (nSPS) is 16.9. The van der Waals surface area contributed by atoms with Crippen LogP contribution in [0.2, 0.25) is 0 Å². The molecule has 4 heterocycles. The molecule has 1 aliphatic heterocycles. The van der Waals surface area contributed by atoms with E-state index >= 15 is 0 Å². The predicted molar refractivity (Wildman–Crippen MR) is 121 cm³/mol. The van der Waals surface area contributed by atoms with Gasteiger partial charge < -0.3 is 4.90 Å². The van der Waals surface area contributed by atoms with Crippen LogP contribution in [-0.2, 0) is 11.8 Å². The number of hydrogen-bond acceptors (Lipinski definition) is 5. The Morgan fingerprint density at radius 3 is 2.41 bits per heavy atom. The third kappa shape index (κ3) is 4.03. The maximum absolute atomic E-state index is 12.2. The standard InChI is InChI=1S/C24H25N7O/c1-29-8-4-7-22(10-23(29)32)31-16-21(14-28-31)19-11-25-24(26-12-19)18-6-3-5-17(9-18)20-13-27-30(2)15-20/h3,5-6,9,11-16,22H,4,7-8,10H2,1-2H3. The number of rotatable bonds is 4. The van der Waals surface area contributed by atoms with Crippen LogP contribution in [0, 0.1) is 0 Å². The van der Waals surface area contributed by atoms with Crippen LogP contribution >= 0.6 is 0 Å². The van der Waals surface area contributed by atoms with Crippen molar-refractivity contribution in [2.75, 3.05) is 13.6 Å². The maximum Gasteiger partial charge on any atom is 0.224 e. The number of nitrogens with zero attached hydrogens (tertiary/aromatic N) is 7. The van der Waals surface area contributed by atoms with E-state index in [-0.39, 0.29) is 11.9 Å². The molecule has 1 fully saturated rings. The number of carbonyl (C=O) groups excluding carboxylic acids is 1. The van der Waals surface area contributed by atoms with Crippen molar-refractivity contribution >= 4 is 5.91 Å². The molecule has 0 spiro atoms. The smallest absolute Gasteiger partial charge is 0.224 e. The second-order valence-electron chi connectivity index (χ2n) is 8.30. The third-order valence-electron chi connectivity index (χ3n) is 5.99. The summed E-state index contributed by atoms with van der Waals surface area (Å²) >= 11 is 0. The van der Waals surface area contributed by atoms with Gasteiger partial charge in [-0.15, -0.1) is 0 Å². The number of amides is 1. The maximum atomic E-state index is 12.2. The van der Waals surface area contributed by atoms with Crippen molar-refractivity contribution in [1.29, 1.82) is 0 Å². The van der Waals surface area contributed by atoms with Crippen molar-refractivity contribution in [2.45, 2.75) is 25.3 Å². The molecule has 0 bridgehead atoms. The lowest BCUT2D eigenvalue weighted by molar-refractivity contribution is -0.129. The molecule has 1 saturated heterocycles. The average Bonchev–Trinajstić information content (AvgIpc) is 3.44. The molecule has 32 heavy (non-hydrogen) atoms. The lowest BCUT2D eigenvalue weighted by Crippen LogP contribution is -2.26. The first kappa shape index (κ1) is 20.1. The lowest BCUT2D eigenvalue weighted by atomic mass is 10.1. The summed E-state index contributed by atoms with van der Waals surface area (Å²) in [6.45, 7) is 0.806. The van der Waals surface area contributed by atoms with Gasteiger partial charge in [-0.25, -0.2) is 9.97 Å². The minimum Gasteiger partial charge on any atom is -0.346 e. The number of likely N-dealkylation sites (tertiary alicyclic amines) is 1. The number of hydrogen-bond donors (Lipinski definition) is 0. The first-order valence-corrected chi connectivity index (χ1v) is 10.8. The van der Waals surface area contributed by atoms with Crippen molar-refractivity contribution in [2.24, 2.45) is 7.05 Å². The summed E-state index contributed by atoms with van der Waals surface area (Å²) in [6, 6.07) is 8.23. The van der Waals surface area contributed by atoms with E-state index in [2.05, 4.69) is 32.3 Å². The summed E-state index contributed by atoms with van der Waals surface area (Å²) in [6.07, 6.45) is 13.7. The Morgan fingerprint density at radius 2 is 1.62 bits per heavy atom. The molecule has 0 aliphatic carbocycles. The number of carbonyl (C=O) groups is 1. The summed E-state index contributed by atoms with van der Waals surface area (Å²) in [5.74, 6) is 0.843. The molecular formula is C24H25N7O. The van der Waals surface area contributed by atoms with Crippen molar-refractivity contribution < 1.29 is 4.79 Å². The third-order valence-corrected chi connectivity index (χ3v) is 5.99. The van der Waals surface area contributed by atoms with Gasteiger partial charge in [0.15, 0.2) is 5.82 Å². The van der Waals surface area contributed by atoms with Crippen LogP contribution in [0.4, 0.5) is 0 Å². The Morgan fingerprint density at radius 1 is 0.875 bits per heavy atom. The Balaban J connectivity index is 1.35. The number of aromatic nitrogens is 6. The molecule has 0 radical (unpaired) electrons. The Kier molecular flexibility index (Phi) is 5.26. The highest BCUT2D eigenvalue weighted by atomic mass is 16.2. The summed E-state index contributed by atoms with van der Waals surface area (Å²) < 4.78 is 3.70. The van der Waals surface area contributed by atoms with E-state index in [1.807, 2.05) is 68.1 Å². The van der Waals surface area contributed by atoms with E-state index in [9.17, 15) is 4.79 Å². The highest BCUT2D eigenvalue weighted by molar-refractivity contribution is 5.76. The summed E-state index contributed by atoms with van der Waals surface area (Å²) in [7, 11) is 3.77. The average molecular weight is 428 g/mol. The first-order valence-electron chi connectivity index (χ1n) is 10.8. The van der Waals surface area contributed by atoms with E-state index in [4.69, 9.17) is 0 Å². The van der Waals surface area contributed by atoms with E-state index in [1.54, 1.807) is 9.58 Å². The van der Waals surface area contributed by atoms with E-state index in [1.165, 1.54) is 0 Å². The van der Waals surface area contributed by atoms with E-state index < -0.39 is 0 Å². The van der Waals surface area contributed by atoms with Crippen LogP contribution in [0.1, 0.15) is 25.3 Å². The number of aryl methyl sites for hydroxylation is 1. The Hall–Kier alpha value is -3.81.